The second-order valence-electron chi connectivity index (χ2n) is 5.28. The van der Waals surface area contributed by atoms with E-state index < -0.39 is 0 Å². The van der Waals surface area contributed by atoms with Gasteiger partial charge in [0.25, 0.3) is 0 Å². The number of likely N-dealkylation sites (N-methyl/N-ethyl adjacent to an activating group) is 1. The summed E-state index contributed by atoms with van der Waals surface area (Å²) in [6, 6.07) is 9.46. The van der Waals surface area contributed by atoms with Crippen LogP contribution < -0.4 is 10.2 Å². The molecule has 3 nitrogen and oxygen atoms in total. The Morgan fingerprint density at radius 1 is 1.10 bits per heavy atom. The molecule has 1 aromatic rings. The van der Waals surface area contributed by atoms with E-state index >= 15 is 0 Å². The first-order chi connectivity index (χ1) is 10.3. The first-order valence-electron chi connectivity index (χ1n) is 8.42. The molecule has 21 heavy (non-hydrogen) atoms. The predicted octanol–water partition coefficient (Wildman–Crippen LogP) is 4.00. The predicted molar refractivity (Wildman–Crippen MR) is 92.1 cm³/mol. The van der Waals surface area contributed by atoms with Gasteiger partial charge in [0.1, 0.15) is 0 Å². The largest absolute Gasteiger partial charge is 0.380 e. The molecule has 1 unspecified atom stereocenters. The maximum Gasteiger partial charge on any atom is 0.0641 e. The maximum absolute atomic E-state index is 5.46. The summed E-state index contributed by atoms with van der Waals surface area (Å²) in [5, 5.41) is 3.61. The Hall–Kier alpha value is -1.06. The van der Waals surface area contributed by atoms with Crippen molar-refractivity contribution in [3.8, 4) is 0 Å². The van der Waals surface area contributed by atoms with Crippen molar-refractivity contribution >= 4 is 5.69 Å². The van der Waals surface area contributed by atoms with Crippen LogP contribution in [0, 0.1) is 0 Å². The molecule has 1 atom stereocenters. The Morgan fingerprint density at radius 3 is 2.33 bits per heavy atom. The quantitative estimate of drug-likeness (QED) is 0.624. The topological polar surface area (TPSA) is 24.5 Å². The van der Waals surface area contributed by atoms with Crippen molar-refractivity contribution < 1.29 is 4.74 Å². The number of anilines is 1. The number of nitrogens with zero attached hydrogens (tertiary/aromatic N) is 1. The highest BCUT2D eigenvalue weighted by Gasteiger charge is 2.09. The third kappa shape index (κ3) is 6.06. The van der Waals surface area contributed by atoms with Gasteiger partial charge in [-0.2, -0.15) is 0 Å². The number of rotatable bonds is 11. The smallest absolute Gasteiger partial charge is 0.0641 e. The fraction of sp³-hybridized carbons (Fsp3) is 0.667. The van der Waals surface area contributed by atoms with E-state index in [1.54, 1.807) is 0 Å². The Bertz CT molecular complexity index is 364. The molecule has 0 amide bonds. The van der Waals surface area contributed by atoms with Gasteiger partial charge in [0.15, 0.2) is 0 Å². The summed E-state index contributed by atoms with van der Waals surface area (Å²) in [5.74, 6) is 0. The average molecular weight is 292 g/mol. The number of hydrogen-bond acceptors (Lipinski definition) is 3. The minimum Gasteiger partial charge on any atom is -0.380 e. The van der Waals surface area contributed by atoms with Crippen molar-refractivity contribution in [1.82, 2.24) is 5.32 Å². The van der Waals surface area contributed by atoms with Gasteiger partial charge in [-0.25, -0.2) is 0 Å². The Labute approximate surface area is 130 Å². The van der Waals surface area contributed by atoms with E-state index in [2.05, 4.69) is 55.3 Å². The van der Waals surface area contributed by atoms with Gasteiger partial charge in [-0.3, -0.25) is 0 Å². The van der Waals surface area contributed by atoms with Gasteiger partial charge in [-0.05, 0) is 50.9 Å². The molecule has 0 fully saturated rings. The van der Waals surface area contributed by atoms with E-state index in [9.17, 15) is 0 Å². The first kappa shape index (κ1) is 18.0. The number of benzene rings is 1. The second kappa shape index (κ2) is 10.6. The van der Waals surface area contributed by atoms with E-state index in [0.29, 0.717) is 6.04 Å². The first-order valence-corrected chi connectivity index (χ1v) is 8.42. The fourth-order valence-corrected chi connectivity index (χ4v) is 2.52. The lowest BCUT2D eigenvalue weighted by atomic mass is 10.0. The fourth-order valence-electron chi connectivity index (χ4n) is 2.52. The minimum absolute atomic E-state index is 0.470. The molecule has 1 rings (SSSR count). The van der Waals surface area contributed by atoms with Crippen molar-refractivity contribution in [3.05, 3.63) is 29.8 Å². The molecule has 0 aliphatic carbocycles. The van der Waals surface area contributed by atoms with Crippen molar-refractivity contribution in [2.24, 2.45) is 0 Å². The SMILES string of the molecule is CCCNC(CC)c1ccc(N(CC)CCOCC)cc1. The van der Waals surface area contributed by atoms with Gasteiger partial charge >= 0.3 is 0 Å². The third-order valence-electron chi connectivity index (χ3n) is 3.80. The molecule has 3 heteroatoms. The Morgan fingerprint density at radius 2 is 1.81 bits per heavy atom. The Kier molecular flexibility index (Phi) is 9.11. The summed E-state index contributed by atoms with van der Waals surface area (Å²) in [4.78, 5) is 2.36. The highest BCUT2D eigenvalue weighted by Crippen LogP contribution is 2.21. The molecule has 0 heterocycles. The van der Waals surface area contributed by atoms with Gasteiger partial charge in [-0.1, -0.05) is 26.0 Å². The third-order valence-corrected chi connectivity index (χ3v) is 3.80. The van der Waals surface area contributed by atoms with E-state index in [4.69, 9.17) is 4.74 Å². The molecule has 0 spiro atoms. The molecule has 0 saturated heterocycles. The lowest BCUT2D eigenvalue weighted by molar-refractivity contribution is 0.154. The monoisotopic (exact) mass is 292 g/mol. The zero-order chi connectivity index (χ0) is 15.5. The van der Waals surface area contributed by atoms with Crippen LogP contribution in [-0.2, 0) is 4.74 Å². The molecule has 0 radical (unpaired) electrons. The number of nitrogens with one attached hydrogen (secondary N) is 1. The molecule has 1 aromatic carbocycles. The van der Waals surface area contributed by atoms with Crippen LogP contribution in [0.5, 0.6) is 0 Å². The van der Waals surface area contributed by atoms with Gasteiger partial charge in [-0.15, -0.1) is 0 Å². The van der Waals surface area contributed by atoms with Crippen LogP contribution in [0.2, 0.25) is 0 Å². The summed E-state index contributed by atoms with van der Waals surface area (Å²) in [6.45, 7) is 13.3. The Balaban J connectivity index is 2.65. The van der Waals surface area contributed by atoms with Crippen molar-refractivity contribution in [2.75, 3.05) is 37.7 Å². The lowest BCUT2D eigenvalue weighted by Crippen LogP contribution is -2.27. The number of hydrogen-bond donors (Lipinski definition) is 1. The molecule has 0 bridgehead atoms. The molecule has 0 aliphatic rings. The van der Waals surface area contributed by atoms with Gasteiger partial charge < -0.3 is 15.0 Å². The molecule has 0 aliphatic heterocycles. The molecule has 120 valence electrons. The lowest BCUT2D eigenvalue weighted by Gasteiger charge is -2.24. The van der Waals surface area contributed by atoms with E-state index in [1.807, 2.05) is 6.92 Å². The molecule has 0 saturated carbocycles. The molecule has 1 N–H and O–H groups in total. The van der Waals surface area contributed by atoms with E-state index in [1.165, 1.54) is 17.7 Å². The summed E-state index contributed by atoms with van der Waals surface area (Å²) in [7, 11) is 0. The van der Waals surface area contributed by atoms with Crippen molar-refractivity contribution in [3.63, 3.8) is 0 Å². The van der Waals surface area contributed by atoms with Crippen LogP contribution >= 0.6 is 0 Å². The standard InChI is InChI=1S/C18H32N2O/c1-5-13-19-18(6-2)16-9-11-17(12-10-16)20(7-3)14-15-21-8-4/h9-12,18-19H,5-8,13-15H2,1-4H3. The van der Waals surface area contributed by atoms with Gasteiger partial charge in [0, 0.05) is 31.4 Å². The van der Waals surface area contributed by atoms with Crippen LogP contribution in [0.1, 0.15) is 52.1 Å². The minimum atomic E-state index is 0.470. The average Bonchev–Trinajstić information content (AvgIpc) is 2.53. The molecule has 0 aromatic heterocycles. The van der Waals surface area contributed by atoms with E-state index in [-0.39, 0.29) is 0 Å². The highest BCUT2D eigenvalue weighted by molar-refractivity contribution is 5.48. The zero-order valence-electron chi connectivity index (χ0n) is 14.2. The van der Waals surface area contributed by atoms with Crippen LogP contribution in [0.25, 0.3) is 0 Å². The van der Waals surface area contributed by atoms with Crippen LogP contribution in [-0.4, -0.2) is 32.8 Å². The normalized spacial score (nSPS) is 12.4. The van der Waals surface area contributed by atoms with E-state index in [0.717, 1.165) is 39.3 Å². The molecular weight excluding hydrogens is 260 g/mol. The maximum atomic E-state index is 5.46. The summed E-state index contributed by atoms with van der Waals surface area (Å²) in [5.41, 5.74) is 2.67. The van der Waals surface area contributed by atoms with Crippen LogP contribution in [0.15, 0.2) is 24.3 Å². The highest BCUT2D eigenvalue weighted by atomic mass is 16.5. The van der Waals surface area contributed by atoms with Gasteiger partial charge in [0.05, 0.1) is 6.61 Å². The summed E-state index contributed by atoms with van der Waals surface area (Å²) < 4.78 is 5.46. The zero-order valence-corrected chi connectivity index (χ0v) is 14.2. The van der Waals surface area contributed by atoms with Crippen molar-refractivity contribution in [2.45, 2.75) is 46.6 Å². The number of ether oxygens (including phenoxy) is 1. The summed E-state index contributed by atoms with van der Waals surface area (Å²) >= 11 is 0. The van der Waals surface area contributed by atoms with Gasteiger partial charge in [0.2, 0.25) is 0 Å². The molecular formula is C18H32N2O. The van der Waals surface area contributed by atoms with Crippen LogP contribution in [0.4, 0.5) is 5.69 Å². The second-order valence-corrected chi connectivity index (χ2v) is 5.28. The van der Waals surface area contributed by atoms with Crippen LogP contribution in [0.3, 0.4) is 0 Å². The summed E-state index contributed by atoms with van der Waals surface area (Å²) in [6.07, 6.45) is 2.30. The van der Waals surface area contributed by atoms with Crippen molar-refractivity contribution in [1.29, 1.82) is 0 Å².